The molecule has 27 heavy (non-hydrogen) atoms. The maximum Gasteiger partial charge on any atom is 0.417 e. The number of likely N-dealkylation sites (tertiary alicyclic amines) is 1. The van der Waals surface area contributed by atoms with Crippen LogP contribution in [0.15, 0.2) is 18.2 Å². The number of benzene rings is 1. The third-order valence-electron chi connectivity index (χ3n) is 4.77. The van der Waals surface area contributed by atoms with Crippen LogP contribution in [0.5, 0.6) is 0 Å². The number of alkyl halides is 3. The lowest BCUT2D eigenvalue weighted by atomic mass is 10.1. The Kier molecular flexibility index (Phi) is 7.11. The van der Waals surface area contributed by atoms with Crippen molar-refractivity contribution in [3.8, 4) is 0 Å². The summed E-state index contributed by atoms with van der Waals surface area (Å²) in [6.45, 7) is 3.18. The number of quaternary nitrogens is 1. The summed E-state index contributed by atoms with van der Waals surface area (Å²) in [7, 11) is 1.72. The van der Waals surface area contributed by atoms with Crippen LogP contribution in [0.1, 0.15) is 31.7 Å². The number of piperidine rings is 1. The van der Waals surface area contributed by atoms with Gasteiger partial charge in [0.25, 0.3) is 11.8 Å². The number of likely N-dealkylation sites (N-methyl/N-ethyl adjacent to an activating group) is 1. The van der Waals surface area contributed by atoms with Crippen molar-refractivity contribution in [1.29, 1.82) is 0 Å². The highest BCUT2D eigenvalue weighted by Crippen LogP contribution is 2.36. The Balaban J connectivity index is 1.95. The van der Waals surface area contributed by atoms with Crippen molar-refractivity contribution in [2.24, 2.45) is 0 Å². The van der Waals surface area contributed by atoms with Gasteiger partial charge in [-0.15, -0.1) is 0 Å². The summed E-state index contributed by atoms with van der Waals surface area (Å²) in [5, 5.41) is 2.02. The Hall–Kier alpha value is -1.80. The fourth-order valence-electron chi connectivity index (χ4n) is 3.03. The topological polar surface area (TPSA) is 53.9 Å². The minimum atomic E-state index is -4.60. The summed E-state index contributed by atoms with van der Waals surface area (Å²) in [5.74, 6) is -0.480. The van der Waals surface area contributed by atoms with E-state index in [1.807, 2.05) is 4.90 Å². The van der Waals surface area contributed by atoms with Crippen molar-refractivity contribution in [2.45, 2.75) is 38.4 Å². The first-order valence-corrected chi connectivity index (χ1v) is 9.25. The number of hydrogen-bond acceptors (Lipinski definition) is 2. The van der Waals surface area contributed by atoms with Gasteiger partial charge in [0.1, 0.15) is 0 Å². The quantitative estimate of drug-likeness (QED) is 0.787. The van der Waals surface area contributed by atoms with Crippen molar-refractivity contribution in [3.63, 3.8) is 0 Å². The molecule has 2 rings (SSSR count). The number of halogens is 4. The predicted molar refractivity (Wildman–Crippen MR) is 96.7 cm³/mol. The molecule has 1 aromatic carbocycles. The molecule has 150 valence electrons. The molecule has 1 aliphatic heterocycles. The lowest BCUT2D eigenvalue weighted by Gasteiger charge is -2.30. The van der Waals surface area contributed by atoms with Crippen LogP contribution in [0.2, 0.25) is 5.02 Å². The predicted octanol–water partition coefficient (Wildman–Crippen LogP) is 2.21. The van der Waals surface area contributed by atoms with E-state index in [0.717, 1.165) is 44.5 Å². The van der Waals surface area contributed by atoms with E-state index in [1.54, 1.807) is 14.0 Å². The third-order valence-corrected chi connectivity index (χ3v) is 5.10. The van der Waals surface area contributed by atoms with Crippen LogP contribution >= 0.6 is 11.6 Å². The minimum absolute atomic E-state index is 0.00847. The van der Waals surface area contributed by atoms with Crippen molar-refractivity contribution >= 4 is 29.1 Å². The van der Waals surface area contributed by atoms with E-state index in [0.29, 0.717) is 4.90 Å². The van der Waals surface area contributed by atoms with Crippen LogP contribution in [-0.2, 0) is 15.8 Å². The van der Waals surface area contributed by atoms with E-state index >= 15 is 0 Å². The molecule has 1 unspecified atom stereocenters. The van der Waals surface area contributed by atoms with Gasteiger partial charge in [-0.2, -0.15) is 13.2 Å². The monoisotopic (exact) mass is 406 g/mol. The van der Waals surface area contributed by atoms with Crippen LogP contribution < -0.4 is 10.2 Å². The molecular formula is C18H24ClF3N3O2+. The van der Waals surface area contributed by atoms with Crippen molar-refractivity contribution in [3.05, 3.63) is 28.8 Å². The van der Waals surface area contributed by atoms with Gasteiger partial charge < -0.3 is 15.1 Å². The number of carbonyl (C=O) groups is 2. The van der Waals surface area contributed by atoms with Crippen molar-refractivity contribution in [2.75, 3.05) is 32.0 Å². The first kappa shape index (κ1) is 21.5. The van der Waals surface area contributed by atoms with Gasteiger partial charge in [-0.25, -0.2) is 0 Å². The van der Waals surface area contributed by atoms with Gasteiger partial charge in [0.05, 0.1) is 17.6 Å². The molecule has 0 bridgehead atoms. The van der Waals surface area contributed by atoms with E-state index < -0.39 is 28.7 Å². The van der Waals surface area contributed by atoms with E-state index in [4.69, 9.17) is 11.6 Å². The molecule has 1 heterocycles. The molecule has 0 aromatic heterocycles. The van der Waals surface area contributed by atoms with Crippen molar-refractivity contribution in [1.82, 2.24) is 4.90 Å². The number of anilines is 1. The average molecular weight is 407 g/mol. The van der Waals surface area contributed by atoms with Crippen LogP contribution in [0.4, 0.5) is 18.9 Å². The highest BCUT2D eigenvalue weighted by atomic mass is 35.5. The Morgan fingerprint density at radius 3 is 2.48 bits per heavy atom. The number of nitrogens with zero attached hydrogens (tertiary/aromatic N) is 1. The molecule has 5 nitrogen and oxygen atoms in total. The second-order valence-electron chi connectivity index (χ2n) is 6.87. The molecule has 1 saturated heterocycles. The number of hydrogen-bond donors (Lipinski definition) is 2. The van der Waals surface area contributed by atoms with Gasteiger partial charge in [0.15, 0.2) is 12.6 Å². The molecule has 1 aromatic rings. The molecule has 2 atom stereocenters. The largest absolute Gasteiger partial charge is 0.417 e. The van der Waals surface area contributed by atoms with Gasteiger partial charge in [0, 0.05) is 18.8 Å². The zero-order valence-corrected chi connectivity index (χ0v) is 16.1. The molecular weight excluding hydrogens is 383 g/mol. The van der Waals surface area contributed by atoms with E-state index in [-0.39, 0.29) is 18.1 Å². The summed E-state index contributed by atoms with van der Waals surface area (Å²) in [4.78, 5) is 27.2. The van der Waals surface area contributed by atoms with Crippen LogP contribution in [0.3, 0.4) is 0 Å². The fraction of sp³-hybridized carbons (Fsp3) is 0.556. The number of nitrogens with one attached hydrogen (secondary N) is 2. The van der Waals surface area contributed by atoms with Crippen LogP contribution in [0, 0.1) is 0 Å². The van der Waals surface area contributed by atoms with Crippen LogP contribution in [0.25, 0.3) is 0 Å². The number of rotatable bonds is 5. The lowest BCUT2D eigenvalue weighted by Crippen LogP contribution is -3.15. The fourth-order valence-corrected chi connectivity index (χ4v) is 3.26. The molecule has 2 N–H and O–H groups in total. The molecule has 1 fully saturated rings. The standard InChI is InChI=1S/C18H23ClF3N3O2/c1-12(17(27)25-8-4-3-5-9-25)24(2)11-16(26)23-13-6-7-15(19)14(10-13)18(20,21)22/h6-7,10,12H,3-5,8-9,11H2,1-2H3,(H,23,26)/p+1/t12-/m1/s1. The second kappa shape index (κ2) is 8.93. The van der Waals surface area contributed by atoms with Crippen molar-refractivity contribution < 1.29 is 27.7 Å². The molecule has 1 aliphatic rings. The summed E-state index contributed by atoms with van der Waals surface area (Å²) in [6.07, 6.45) is -1.52. The third kappa shape index (κ3) is 5.84. The van der Waals surface area contributed by atoms with Gasteiger partial charge in [-0.3, -0.25) is 9.59 Å². The van der Waals surface area contributed by atoms with Gasteiger partial charge in [-0.1, -0.05) is 11.6 Å². The molecule has 2 amide bonds. The summed E-state index contributed by atoms with van der Waals surface area (Å²) in [5.41, 5.74) is -0.990. The van der Waals surface area contributed by atoms with Gasteiger partial charge >= 0.3 is 6.18 Å². The molecule has 0 saturated carbocycles. The summed E-state index contributed by atoms with van der Waals surface area (Å²) < 4.78 is 38.7. The zero-order chi connectivity index (χ0) is 20.2. The Labute approximate surface area is 161 Å². The molecule has 0 radical (unpaired) electrons. The number of carbonyl (C=O) groups excluding carboxylic acids is 2. The first-order chi connectivity index (χ1) is 12.6. The zero-order valence-electron chi connectivity index (χ0n) is 15.3. The maximum absolute atomic E-state index is 12.9. The van der Waals surface area contributed by atoms with Crippen LogP contribution in [-0.4, -0.2) is 49.4 Å². The smallest absolute Gasteiger partial charge is 0.338 e. The number of amides is 2. The molecule has 9 heteroatoms. The summed E-state index contributed by atoms with van der Waals surface area (Å²) >= 11 is 5.57. The average Bonchev–Trinajstić information content (AvgIpc) is 2.61. The normalized spacial score (nSPS) is 17.3. The minimum Gasteiger partial charge on any atom is -0.338 e. The molecule has 0 aliphatic carbocycles. The summed E-state index contributed by atoms with van der Waals surface area (Å²) in [6, 6.07) is 2.80. The highest BCUT2D eigenvalue weighted by molar-refractivity contribution is 6.31. The van der Waals surface area contributed by atoms with E-state index in [1.165, 1.54) is 6.07 Å². The first-order valence-electron chi connectivity index (χ1n) is 8.87. The van der Waals surface area contributed by atoms with E-state index in [2.05, 4.69) is 5.32 Å². The SMILES string of the molecule is C[C@H](C(=O)N1CCCCC1)[NH+](C)CC(=O)Nc1ccc(Cl)c(C(F)(F)F)c1. The van der Waals surface area contributed by atoms with Gasteiger partial charge in [-0.05, 0) is 44.4 Å². The highest BCUT2D eigenvalue weighted by Gasteiger charge is 2.34. The Morgan fingerprint density at radius 1 is 1.26 bits per heavy atom. The maximum atomic E-state index is 12.9. The van der Waals surface area contributed by atoms with E-state index in [9.17, 15) is 22.8 Å². The Morgan fingerprint density at radius 2 is 1.89 bits per heavy atom. The lowest BCUT2D eigenvalue weighted by molar-refractivity contribution is -0.886. The second-order valence-corrected chi connectivity index (χ2v) is 7.28. The van der Waals surface area contributed by atoms with Gasteiger partial charge in [0.2, 0.25) is 0 Å². The molecule has 0 spiro atoms. The Bertz CT molecular complexity index is 691.